The second-order valence-corrected chi connectivity index (χ2v) is 6.59. The maximum Gasteiger partial charge on any atom is 0.241 e. The van der Waals surface area contributed by atoms with Crippen LogP contribution in [0.2, 0.25) is 0 Å². The summed E-state index contributed by atoms with van der Waals surface area (Å²) >= 11 is 0. The maximum absolute atomic E-state index is 12.3. The van der Waals surface area contributed by atoms with Crippen LogP contribution in [0.25, 0.3) is 0 Å². The molecule has 0 bridgehead atoms. The molecule has 2 atom stereocenters. The first kappa shape index (κ1) is 16.7. The topological polar surface area (TPSA) is 64.3 Å². The molecule has 1 amide bonds. The van der Waals surface area contributed by atoms with Gasteiger partial charge in [0, 0.05) is 24.5 Å². The van der Waals surface area contributed by atoms with E-state index in [2.05, 4.69) is 12.2 Å². The lowest BCUT2D eigenvalue weighted by Crippen LogP contribution is -2.76. The maximum atomic E-state index is 12.3. The molecule has 0 radical (unpaired) electrons. The van der Waals surface area contributed by atoms with E-state index in [0.29, 0.717) is 19.1 Å². The number of amides is 1. The van der Waals surface area contributed by atoms with Gasteiger partial charge in [0.25, 0.3) is 0 Å². The fourth-order valence-electron chi connectivity index (χ4n) is 3.15. The standard InChI is InChI=1S/C14H26N2O2.ClH/c1-5-18-11-8-14(15,13(11,3)4)12(17)16-10-6-9(2)7-10;/h9-11H,5-8,15H2,1-4H3,(H,16,17);1H. The first-order valence-corrected chi connectivity index (χ1v) is 7.02. The summed E-state index contributed by atoms with van der Waals surface area (Å²) < 4.78 is 5.64. The number of hydrogen-bond acceptors (Lipinski definition) is 3. The van der Waals surface area contributed by atoms with Gasteiger partial charge in [0.05, 0.1) is 6.10 Å². The molecular weight excluding hydrogens is 264 g/mol. The lowest BCUT2D eigenvalue weighted by atomic mass is 9.54. The molecule has 4 nitrogen and oxygen atoms in total. The molecule has 0 saturated heterocycles. The molecule has 0 aromatic rings. The Hall–Kier alpha value is -0.320. The number of nitrogens with one attached hydrogen (secondary N) is 1. The molecule has 3 N–H and O–H groups in total. The summed E-state index contributed by atoms with van der Waals surface area (Å²) in [6.07, 6.45) is 2.88. The molecule has 5 heteroatoms. The molecule has 0 aromatic heterocycles. The normalized spacial score (nSPS) is 39.5. The van der Waals surface area contributed by atoms with E-state index in [1.807, 2.05) is 20.8 Å². The third-order valence-electron chi connectivity index (χ3n) is 4.94. The Bertz CT molecular complexity index is 342. The van der Waals surface area contributed by atoms with Gasteiger partial charge in [-0.1, -0.05) is 20.8 Å². The van der Waals surface area contributed by atoms with Crippen LogP contribution in [-0.2, 0) is 9.53 Å². The van der Waals surface area contributed by atoms with Crippen LogP contribution in [0.15, 0.2) is 0 Å². The molecule has 2 fully saturated rings. The molecular formula is C14H27ClN2O2. The van der Waals surface area contributed by atoms with Crippen molar-refractivity contribution in [3.63, 3.8) is 0 Å². The third kappa shape index (κ3) is 2.63. The summed E-state index contributed by atoms with van der Waals surface area (Å²) in [6.45, 7) is 8.91. The number of hydrogen-bond donors (Lipinski definition) is 2. The second kappa shape index (κ2) is 5.58. The fourth-order valence-corrected chi connectivity index (χ4v) is 3.15. The van der Waals surface area contributed by atoms with Crippen LogP contribution in [0.4, 0.5) is 0 Å². The van der Waals surface area contributed by atoms with Crippen molar-refractivity contribution in [1.82, 2.24) is 5.32 Å². The van der Waals surface area contributed by atoms with E-state index in [0.717, 1.165) is 18.8 Å². The Balaban J connectivity index is 0.00000180. The van der Waals surface area contributed by atoms with E-state index in [-0.39, 0.29) is 29.8 Å². The molecule has 0 spiro atoms. The van der Waals surface area contributed by atoms with E-state index in [9.17, 15) is 4.79 Å². The van der Waals surface area contributed by atoms with Gasteiger partial charge >= 0.3 is 0 Å². The van der Waals surface area contributed by atoms with Gasteiger partial charge in [-0.15, -0.1) is 12.4 Å². The van der Waals surface area contributed by atoms with Crippen LogP contribution in [0.5, 0.6) is 0 Å². The lowest BCUT2D eigenvalue weighted by Gasteiger charge is -2.58. The highest BCUT2D eigenvalue weighted by molar-refractivity contribution is 5.89. The van der Waals surface area contributed by atoms with Crippen LogP contribution in [-0.4, -0.2) is 30.2 Å². The average molecular weight is 291 g/mol. The van der Waals surface area contributed by atoms with E-state index in [4.69, 9.17) is 10.5 Å². The van der Waals surface area contributed by atoms with Crippen molar-refractivity contribution in [1.29, 1.82) is 0 Å². The zero-order valence-electron chi connectivity index (χ0n) is 12.4. The van der Waals surface area contributed by atoms with Crippen LogP contribution >= 0.6 is 12.4 Å². The van der Waals surface area contributed by atoms with Crippen molar-refractivity contribution in [3.8, 4) is 0 Å². The lowest BCUT2D eigenvalue weighted by molar-refractivity contribution is -0.171. The van der Waals surface area contributed by atoms with E-state index < -0.39 is 5.54 Å². The van der Waals surface area contributed by atoms with Crippen molar-refractivity contribution in [3.05, 3.63) is 0 Å². The molecule has 0 aromatic carbocycles. The van der Waals surface area contributed by atoms with Crippen molar-refractivity contribution >= 4 is 18.3 Å². The van der Waals surface area contributed by atoms with Crippen molar-refractivity contribution < 1.29 is 9.53 Å². The van der Waals surface area contributed by atoms with Gasteiger partial charge < -0.3 is 15.8 Å². The fraction of sp³-hybridized carbons (Fsp3) is 0.929. The van der Waals surface area contributed by atoms with Gasteiger partial charge in [-0.2, -0.15) is 0 Å². The molecule has 0 aliphatic heterocycles. The van der Waals surface area contributed by atoms with Crippen LogP contribution < -0.4 is 11.1 Å². The van der Waals surface area contributed by atoms with Crippen molar-refractivity contribution in [2.45, 2.75) is 64.6 Å². The minimum Gasteiger partial charge on any atom is -0.378 e. The number of ether oxygens (including phenoxy) is 1. The quantitative estimate of drug-likeness (QED) is 0.830. The number of rotatable bonds is 4. The summed E-state index contributed by atoms with van der Waals surface area (Å²) in [6, 6.07) is 0.329. The smallest absolute Gasteiger partial charge is 0.241 e. The van der Waals surface area contributed by atoms with Crippen LogP contribution in [0.3, 0.4) is 0 Å². The highest BCUT2D eigenvalue weighted by Crippen LogP contribution is 2.50. The van der Waals surface area contributed by atoms with E-state index in [1.165, 1.54) is 0 Å². The average Bonchev–Trinajstić information content (AvgIpc) is 2.26. The zero-order valence-corrected chi connectivity index (χ0v) is 13.2. The first-order valence-electron chi connectivity index (χ1n) is 7.02. The third-order valence-corrected chi connectivity index (χ3v) is 4.94. The Labute approximate surface area is 122 Å². The Morgan fingerprint density at radius 3 is 2.42 bits per heavy atom. The van der Waals surface area contributed by atoms with Gasteiger partial charge in [0.2, 0.25) is 5.91 Å². The second-order valence-electron chi connectivity index (χ2n) is 6.59. The molecule has 2 saturated carbocycles. The number of nitrogens with two attached hydrogens (primary N) is 1. The predicted molar refractivity (Wildman–Crippen MR) is 78.3 cm³/mol. The van der Waals surface area contributed by atoms with E-state index >= 15 is 0 Å². The minimum absolute atomic E-state index is 0. The summed E-state index contributed by atoms with van der Waals surface area (Å²) in [7, 11) is 0. The molecule has 19 heavy (non-hydrogen) atoms. The molecule has 2 rings (SSSR count). The van der Waals surface area contributed by atoms with E-state index in [1.54, 1.807) is 0 Å². The molecule has 2 unspecified atom stereocenters. The molecule has 112 valence electrons. The summed E-state index contributed by atoms with van der Waals surface area (Å²) in [5.74, 6) is 0.731. The van der Waals surface area contributed by atoms with Crippen molar-refractivity contribution in [2.75, 3.05) is 6.61 Å². The Kier molecular flexibility index (Phi) is 4.92. The summed E-state index contributed by atoms with van der Waals surface area (Å²) in [5, 5.41) is 3.09. The van der Waals surface area contributed by atoms with Gasteiger partial charge in [-0.05, 0) is 25.7 Å². The molecule has 0 heterocycles. The molecule has 2 aliphatic rings. The van der Waals surface area contributed by atoms with Gasteiger partial charge in [0.1, 0.15) is 5.54 Å². The van der Waals surface area contributed by atoms with Gasteiger partial charge in [0.15, 0.2) is 0 Å². The highest BCUT2D eigenvalue weighted by atomic mass is 35.5. The van der Waals surface area contributed by atoms with Gasteiger partial charge in [-0.3, -0.25) is 4.79 Å². The highest BCUT2D eigenvalue weighted by Gasteiger charge is 2.63. The number of halogens is 1. The SMILES string of the molecule is CCOC1CC(N)(C(=O)NC2CC(C)C2)C1(C)C.Cl. The first-order chi connectivity index (χ1) is 8.31. The Morgan fingerprint density at radius 2 is 2.00 bits per heavy atom. The largest absolute Gasteiger partial charge is 0.378 e. The number of carbonyl (C=O) groups is 1. The zero-order chi connectivity index (χ0) is 13.6. The number of carbonyl (C=O) groups excluding carboxylic acids is 1. The monoisotopic (exact) mass is 290 g/mol. The van der Waals surface area contributed by atoms with Crippen molar-refractivity contribution in [2.24, 2.45) is 17.1 Å². The minimum atomic E-state index is -0.772. The van der Waals surface area contributed by atoms with Crippen LogP contribution in [0, 0.1) is 11.3 Å². The molecule has 2 aliphatic carbocycles. The summed E-state index contributed by atoms with van der Waals surface area (Å²) in [4.78, 5) is 12.3. The predicted octanol–water partition coefficient (Wildman–Crippen LogP) is 1.86. The van der Waals surface area contributed by atoms with Gasteiger partial charge in [-0.25, -0.2) is 0 Å². The Morgan fingerprint density at radius 1 is 1.42 bits per heavy atom. The summed E-state index contributed by atoms with van der Waals surface area (Å²) in [5.41, 5.74) is 5.25. The van der Waals surface area contributed by atoms with Crippen LogP contribution in [0.1, 0.15) is 47.0 Å².